The standard InChI is InChI=1S/C20H29N3O4S/c1-14-21-9-7-18(22-14)27-16-5-4-10-23(12-16)28(25,26)13-20-8-6-15(11-17(20)24)19(20,2)3/h7,9,15-16H,4-6,8,10-13H2,1-3H3. The smallest absolute Gasteiger partial charge is 0.216 e. The molecule has 1 aliphatic heterocycles. The van der Waals surface area contributed by atoms with E-state index in [2.05, 4.69) is 23.8 Å². The Morgan fingerprint density at radius 1 is 1.32 bits per heavy atom. The number of carbonyl (C=O) groups is 1. The predicted octanol–water partition coefficient (Wildman–Crippen LogP) is 2.35. The Morgan fingerprint density at radius 2 is 2.11 bits per heavy atom. The number of Topliss-reactive ketones (excluding diaryl/α,β-unsaturated/α-hetero) is 1. The van der Waals surface area contributed by atoms with Crippen LogP contribution in [0.2, 0.25) is 0 Å². The molecule has 3 unspecified atom stereocenters. The van der Waals surface area contributed by atoms with Gasteiger partial charge in [0.25, 0.3) is 0 Å². The minimum atomic E-state index is -3.55. The molecule has 3 atom stereocenters. The number of hydrogen-bond acceptors (Lipinski definition) is 6. The number of hydrogen-bond donors (Lipinski definition) is 0. The van der Waals surface area contributed by atoms with E-state index in [4.69, 9.17) is 4.74 Å². The van der Waals surface area contributed by atoms with Crippen molar-refractivity contribution < 1.29 is 17.9 Å². The average molecular weight is 408 g/mol. The van der Waals surface area contributed by atoms with Gasteiger partial charge in [-0.1, -0.05) is 13.8 Å². The molecule has 1 aromatic rings. The van der Waals surface area contributed by atoms with Gasteiger partial charge in [-0.2, -0.15) is 9.29 Å². The fraction of sp³-hybridized carbons (Fsp3) is 0.750. The Kier molecular flexibility index (Phi) is 4.77. The highest BCUT2D eigenvalue weighted by Gasteiger charge is 2.65. The first kappa shape index (κ1) is 19.8. The predicted molar refractivity (Wildman–Crippen MR) is 104 cm³/mol. The van der Waals surface area contributed by atoms with E-state index in [1.165, 1.54) is 4.31 Å². The van der Waals surface area contributed by atoms with Crippen LogP contribution in [-0.2, 0) is 14.8 Å². The number of sulfonamides is 1. The highest BCUT2D eigenvalue weighted by Crippen LogP contribution is 2.64. The zero-order valence-corrected chi connectivity index (χ0v) is 17.7. The Morgan fingerprint density at radius 3 is 2.75 bits per heavy atom. The zero-order valence-electron chi connectivity index (χ0n) is 16.8. The van der Waals surface area contributed by atoms with Crippen molar-refractivity contribution in [2.24, 2.45) is 16.7 Å². The number of nitrogens with zero attached hydrogens (tertiary/aromatic N) is 3. The van der Waals surface area contributed by atoms with E-state index >= 15 is 0 Å². The Hall–Kier alpha value is -1.54. The van der Waals surface area contributed by atoms with Crippen molar-refractivity contribution in [2.45, 2.75) is 59.0 Å². The van der Waals surface area contributed by atoms with Crippen molar-refractivity contribution >= 4 is 15.8 Å². The normalized spacial score (nSPS) is 32.6. The minimum absolute atomic E-state index is 0.0678. The molecule has 154 valence electrons. The van der Waals surface area contributed by atoms with Crippen LogP contribution in [-0.4, -0.2) is 53.4 Å². The van der Waals surface area contributed by atoms with Crippen LogP contribution in [0, 0.1) is 23.7 Å². The molecule has 3 aliphatic rings. The highest BCUT2D eigenvalue weighted by atomic mass is 32.2. The third kappa shape index (κ3) is 3.14. The zero-order chi connectivity index (χ0) is 20.2. The topological polar surface area (TPSA) is 89.5 Å². The summed E-state index contributed by atoms with van der Waals surface area (Å²) in [7, 11) is -3.55. The second-order valence-electron chi connectivity index (χ2n) is 9.11. The molecule has 28 heavy (non-hydrogen) atoms. The molecule has 0 aromatic carbocycles. The van der Waals surface area contributed by atoms with Crippen LogP contribution < -0.4 is 4.74 Å². The van der Waals surface area contributed by atoms with E-state index in [9.17, 15) is 13.2 Å². The summed E-state index contributed by atoms with van der Waals surface area (Å²) < 4.78 is 34.1. The maximum atomic E-state index is 13.3. The lowest BCUT2D eigenvalue weighted by molar-refractivity contribution is -0.128. The van der Waals surface area contributed by atoms with Crippen LogP contribution in [0.15, 0.2) is 12.3 Å². The lowest BCUT2D eigenvalue weighted by Gasteiger charge is -2.39. The second kappa shape index (κ2) is 6.76. The molecule has 4 rings (SSSR count). The summed E-state index contributed by atoms with van der Waals surface area (Å²) in [6.45, 7) is 6.73. The molecule has 2 saturated carbocycles. The number of fused-ring (bicyclic) bond motifs is 2. The van der Waals surface area contributed by atoms with Gasteiger partial charge in [0.05, 0.1) is 12.3 Å². The largest absolute Gasteiger partial charge is 0.473 e. The molecule has 0 amide bonds. The Labute approximate surface area is 166 Å². The molecule has 3 fully saturated rings. The molecule has 0 N–H and O–H groups in total. The van der Waals surface area contributed by atoms with Crippen molar-refractivity contribution in [1.29, 1.82) is 0 Å². The van der Waals surface area contributed by atoms with Gasteiger partial charge in [0.2, 0.25) is 15.9 Å². The van der Waals surface area contributed by atoms with Crippen molar-refractivity contribution in [3.63, 3.8) is 0 Å². The number of ether oxygens (including phenoxy) is 1. The minimum Gasteiger partial charge on any atom is -0.473 e. The highest BCUT2D eigenvalue weighted by molar-refractivity contribution is 7.89. The number of carbonyl (C=O) groups excluding carboxylic acids is 1. The number of rotatable bonds is 5. The maximum absolute atomic E-state index is 13.3. The van der Waals surface area contributed by atoms with Gasteiger partial charge < -0.3 is 4.74 Å². The van der Waals surface area contributed by atoms with Gasteiger partial charge >= 0.3 is 0 Å². The molecular weight excluding hydrogens is 378 g/mol. The van der Waals surface area contributed by atoms with E-state index in [1.807, 2.05) is 0 Å². The number of ketones is 1. The lowest BCUT2D eigenvalue weighted by Crippen LogP contribution is -2.50. The Balaban J connectivity index is 1.49. The van der Waals surface area contributed by atoms with Crippen LogP contribution in [0.3, 0.4) is 0 Å². The second-order valence-corrected chi connectivity index (χ2v) is 11.1. The van der Waals surface area contributed by atoms with Crippen LogP contribution in [0.25, 0.3) is 0 Å². The first-order chi connectivity index (χ1) is 13.1. The van der Waals surface area contributed by atoms with Crippen molar-refractivity contribution in [1.82, 2.24) is 14.3 Å². The summed E-state index contributed by atoms with van der Waals surface area (Å²) in [6.07, 6.45) is 5.09. The van der Waals surface area contributed by atoms with E-state index in [-0.39, 0.29) is 23.1 Å². The fourth-order valence-corrected chi connectivity index (χ4v) is 7.72. The monoisotopic (exact) mass is 407 g/mol. The Bertz CT molecular complexity index is 885. The summed E-state index contributed by atoms with van der Waals surface area (Å²) in [6, 6.07) is 1.69. The van der Waals surface area contributed by atoms with Crippen molar-refractivity contribution in [2.75, 3.05) is 18.8 Å². The van der Waals surface area contributed by atoms with Crippen LogP contribution >= 0.6 is 0 Å². The summed E-state index contributed by atoms with van der Waals surface area (Å²) >= 11 is 0. The van der Waals surface area contributed by atoms with Gasteiger partial charge in [0, 0.05) is 30.6 Å². The molecule has 2 aliphatic carbocycles. The third-order valence-electron chi connectivity index (χ3n) is 7.34. The van der Waals surface area contributed by atoms with Gasteiger partial charge in [0.15, 0.2) is 0 Å². The van der Waals surface area contributed by atoms with Gasteiger partial charge in [-0.15, -0.1) is 0 Å². The fourth-order valence-electron chi connectivity index (χ4n) is 5.44. The summed E-state index contributed by atoms with van der Waals surface area (Å²) in [4.78, 5) is 21.1. The van der Waals surface area contributed by atoms with E-state index in [1.54, 1.807) is 19.2 Å². The molecule has 1 saturated heterocycles. The molecule has 1 aromatic heterocycles. The number of aryl methyl sites for hydroxylation is 1. The van der Waals surface area contributed by atoms with Gasteiger partial charge in [-0.25, -0.2) is 13.4 Å². The molecule has 8 heteroatoms. The molecule has 0 spiro atoms. The van der Waals surface area contributed by atoms with Crippen LogP contribution in [0.1, 0.15) is 51.8 Å². The van der Waals surface area contributed by atoms with Crippen LogP contribution in [0.5, 0.6) is 5.88 Å². The molecule has 2 heterocycles. The van der Waals surface area contributed by atoms with E-state index in [0.29, 0.717) is 43.6 Å². The van der Waals surface area contributed by atoms with Crippen molar-refractivity contribution in [3.05, 3.63) is 18.1 Å². The summed E-state index contributed by atoms with van der Waals surface area (Å²) in [5.74, 6) is 1.48. The van der Waals surface area contributed by atoms with Gasteiger partial charge in [0.1, 0.15) is 17.7 Å². The maximum Gasteiger partial charge on any atom is 0.216 e. The first-order valence-electron chi connectivity index (χ1n) is 10.1. The summed E-state index contributed by atoms with van der Waals surface area (Å²) in [5, 5.41) is 0. The molecule has 7 nitrogen and oxygen atoms in total. The first-order valence-corrected chi connectivity index (χ1v) is 11.7. The lowest BCUT2D eigenvalue weighted by atomic mass is 9.70. The quantitative estimate of drug-likeness (QED) is 0.744. The van der Waals surface area contributed by atoms with Gasteiger partial charge in [-0.3, -0.25) is 4.79 Å². The van der Waals surface area contributed by atoms with Gasteiger partial charge in [-0.05, 0) is 43.9 Å². The SMILES string of the molecule is Cc1nccc(OC2CCCN(S(=O)(=O)CC34CCC(CC3=O)C4(C)C)C2)n1. The average Bonchev–Trinajstić information content (AvgIpc) is 2.96. The van der Waals surface area contributed by atoms with E-state index in [0.717, 1.165) is 19.3 Å². The van der Waals surface area contributed by atoms with Crippen LogP contribution in [0.4, 0.5) is 0 Å². The summed E-state index contributed by atoms with van der Waals surface area (Å²) in [5.41, 5.74) is -0.977. The van der Waals surface area contributed by atoms with E-state index < -0.39 is 15.4 Å². The number of piperidine rings is 1. The molecular formula is C20H29N3O4S. The number of aromatic nitrogens is 2. The van der Waals surface area contributed by atoms with Crippen molar-refractivity contribution in [3.8, 4) is 5.88 Å². The third-order valence-corrected chi connectivity index (χ3v) is 9.32. The molecule has 0 radical (unpaired) electrons. The molecule has 2 bridgehead atoms.